The number of rotatable bonds is 1. The third-order valence-corrected chi connectivity index (χ3v) is 4.91. The molecule has 0 aromatic carbocycles. The Bertz CT molecular complexity index is 362. The second-order valence-corrected chi connectivity index (χ2v) is 5.78. The van der Waals surface area contributed by atoms with E-state index in [9.17, 15) is 0 Å². The molecule has 0 bridgehead atoms. The van der Waals surface area contributed by atoms with Crippen molar-refractivity contribution in [3.05, 3.63) is 9.33 Å². The van der Waals surface area contributed by atoms with Gasteiger partial charge in [-0.3, -0.25) is 0 Å². The van der Waals surface area contributed by atoms with Gasteiger partial charge in [0.1, 0.15) is 0 Å². The lowest BCUT2D eigenvalue weighted by atomic mass is 9.51. The standard InChI is InChI=1S/C10H13IN2O/c11-7-8(14-13-9(7)12)6-4-10(5-6)2-1-3-10/h6H,1-5H2,(H2,12,13). The molecule has 4 heteroatoms. The van der Waals surface area contributed by atoms with E-state index in [1.165, 1.54) is 32.1 Å². The van der Waals surface area contributed by atoms with Crippen LogP contribution in [0.2, 0.25) is 0 Å². The maximum atomic E-state index is 5.66. The number of hydrogen-bond donors (Lipinski definition) is 1. The molecule has 2 N–H and O–H groups in total. The van der Waals surface area contributed by atoms with E-state index in [1.807, 2.05) is 0 Å². The molecule has 3 rings (SSSR count). The summed E-state index contributed by atoms with van der Waals surface area (Å²) >= 11 is 2.23. The van der Waals surface area contributed by atoms with Gasteiger partial charge in [-0.2, -0.15) is 0 Å². The fraction of sp³-hybridized carbons (Fsp3) is 0.700. The van der Waals surface area contributed by atoms with Crippen LogP contribution in [0.1, 0.15) is 43.8 Å². The molecule has 1 heterocycles. The largest absolute Gasteiger partial charge is 0.380 e. The highest BCUT2D eigenvalue weighted by Crippen LogP contribution is 2.62. The number of nitrogens with zero attached hydrogens (tertiary/aromatic N) is 1. The van der Waals surface area contributed by atoms with Crippen LogP contribution in [-0.4, -0.2) is 5.16 Å². The molecule has 0 aliphatic heterocycles. The Kier molecular flexibility index (Phi) is 1.84. The van der Waals surface area contributed by atoms with Crippen molar-refractivity contribution < 1.29 is 4.52 Å². The summed E-state index contributed by atoms with van der Waals surface area (Å²) < 4.78 is 6.31. The number of hydrogen-bond acceptors (Lipinski definition) is 3. The molecule has 0 amide bonds. The normalized spacial score (nSPS) is 24.6. The highest BCUT2D eigenvalue weighted by molar-refractivity contribution is 14.1. The molecule has 1 aromatic heterocycles. The SMILES string of the molecule is Nc1noc(C2CC3(CCC3)C2)c1I. The first-order chi connectivity index (χ1) is 6.70. The van der Waals surface area contributed by atoms with E-state index in [0.717, 1.165) is 9.33 Å². The van der Waals surface area contributed by atoms with Gasteiger partial charge in [0.15, 0.2) is 11.6 Å². The second kappa shape index (κ2) is 2.87. The zero-order valence-corrected chi connectivity index (χ0v) is 10.1. The van der Waals surface area contributed by atoms with Crippen LogP contribution < -0.4 is 5.73 Å². The lowest BCUT2D eigenvalue weighted by molar-refractivity contribution is -0.000162. The van der Waals surface area contributed by atoms with Crippen LogP contribution in [0.25, 0.3) is 0 Å². The summed E-state index contributed by atoms with van der Waals surface area (Å²) in [7, 11) is 0. The monoisotopic (exact) mass is 304 g/mol. The fourth-order valence-electron chi connectivity index (χ4n) is 2.81. The third-order valence-electron chi connectivity index (χ3n) is 3.83. The van der Waals surface area contributed by atoms with E-state index in [0.29, 0.717) is 17.2 Å². The zero-order chi connectivity index (χ0) is 9.76. The van der Waals surface area contributed by atoms with Crippen molar-refractivity contribution in [3.8, 4) is 0 Å². The topological polar surface area (TPSA) is 52.0 Å². The van der Waals surface area contributed by atoms with E-state index in [2.05, 4.69) is 27.7 Å². The van der Waals surface area contributed by atoms with E-state index >= 15 is 0 Å². The van der Waals surface area contributed by atoms with E-state index in [4.69, 9.17) is 10.3 Å². The molecule has 0 unspecified atom stereocenters. The summed E-state index contributed by atoms with van der Waals surface area (Å²) in [5.74, 6) is 2.17. The van der Waals surface area contributed by atoms with Gasteiger partial charge < -0.3 is 10.3 Å². The van der Waals surface area contributed by atoms with Crippen LogP contribution in [0.3, 0.4) is 0 Å². The molecule has 3 nitrogen and oxygen atoms in total. The van der Waals surface area contributed by atoms with Gasteiger partial charge in [-0.15, -0.1) is 0 Å². The molecule has 0 atom stereocenters. The number of halogens is 1. The summed E-state index contributed by atoms with van der Waals surface area (Å²) in [6.07, 6.45) is 6.84. The molecule has 14 heavy (non-hydrogen) atoms. The third kappa shape index (κ3) is 1.12. The lowest BCUT2D eigenvalue weighted by Crippen LogP contribution is -2.41. The van der Waals surface area contributed by atoms with Crippen LogP contribution >= 0.6 is 22.6 Å². The molecule has 2 aliphatic rings. The van der Waals surface area contributed by atoms with Crippen molar-refractivity contribution in [2.24, 2.45) is 5.41 Å². The molecule has 0 radical (unpaired) electrons. The second-order valence-electron chi connectivity index (χ2n) is 4.70. The highest BCUT2D eigenvalue weighted by atomic mass is 127. The first-order valence-corrected chi connectivity index (χ1v) is 6.19. The fourth-order valence-corrected chi connectivity index (χ4v) is 3.45. The van der Waals surface area contributed by atoms with Crippen LogP contribution in [0.5, 0.6) is 0 Å². The molecule has 2 fully saturated rings. The predicted molar refractivity (Wildman–Crippen MR) is 61.9 cm³/mol. The maximum Gasteiger partial charge on any atom is 0.180 e. The quantitative estimate of drug-likeness (QED) is 0.812. The number of nitrogen functional groups attached to an aromatic ring is 1. The molecular formula is C10H13IN2O. The average molecular weight is 304 g/mol. The number of nitrogens with two attached hydrogens (primary N) is 1. The van der Waals surface area contributed by atoms with Gasteiger partial charge in [-0.25, -0.2) is 0 Å². The minimum absolute atomic E-state index is 0.551. The number of aromatic nitrogens is 1. The summed E-state index contributed by atoms with van der Waals surface area (Å²) in [6, 6.07) is 0. The van der Waals surface area contributed by atoms with Gasteiger partial charge in [0.05, 0.1) is 3.57 Å². The summed E-state index contributed by atoms with van der Waals surface area (Å²) in [6.45, 7) is 0. The van der Waals surface area contributed by atoms with E-state index in [-0.39, 0.29) is 0 Å². The van der Waals surface area contributed by atoms with Crippen molar-refractivity contribution >= 4 is 28.4 Å². The first kappa shape index (κ1) is 9.00. The van der Waals surface area contributed by atoms with Crippen LogP contribution in [-0.2, 0) is 0 Å². The van der Waals surface area contributed by atoms with Gasteiger partial charge >= 0.3 is 0 Å². The zero-order valence-electron chi connectivity index (χ0n) is 7.92. The van der Waals surface area contributed by atoms with Crippen molar-refractivity contribution in [2.45, 2.75) is 38.0 Å². The van der Waals surface area contributed by atoms with Crippen LogP contribution in [0, 0.1) is 8.99 Å². The van der Waals surface area contributed by atoms with Gasteiger partial charge in [0, 0.05) is 5.92 Å². The molecule has 1 aromatic rings. The van der Waals surface area contributed by atoms with Crippen LogP contribution in [0.15, 0.2) is 4.52 Å². The highest BCUT2D eigenvalue weighted by Gasteiger charge is 2.50. The van der Waals surface area contributed by atoms with E-state index < -0.39 is 0 Å². The Hall–Kier alpha value is -0.260. The molecule has 1 spiro atoms. The minimum Gasteiger partial charge on any atom is -0.380 e. The maximum absolute atomic E-state index is 5.66. The van der Waals surface area contributed by atoms with Crippen molar-refractivity contribution in [1.29, 1.82) is 0 Å². The van der Waals surface area contributed by atoms with Crippen molar-refractivity contribution in [1.82, 2.24) is 5.16 Å². The predicted octanol–water partition coefficient (Wildman–Crippen LogP) is 2.91. The first-order valence-electron chi connectivity index (χ1n) is 5.11. The molecule has 2 saturated carbocycles. The Morgan fingerprint density at radius 2 is 2.14 bits per heavy atom. The van der Waals surface area contributed by atoms with Crippen molar-refractivity contribution in [2.75, 3.05) is 5.73 Å². The molecular weight excluding hydrogens is 291 g/mol. The van der Waals surface area contributed by atoms with E-state index in [1.54, 1.807) is 0 Å². The number of anilines is 1. The molecule has 76 valence electrons. The van der Waals surface area contributed by atoms with Gasteiger partial charge in [0.25, 0.3) is 0 Å². The van der Waals surface area contributed by atoms with Gasteiger partial charge in [0.2, 0.25) is 0 Å². The Balaban J connectivity index is 1.76. The van der Waals surface area contributed by atoms with Gasteiger partial charge in [-0.1, -0.05) is 11.6 Å². The lowest BCUT2D eigenvalue weighted by Gasteiger charge is -2.53. The summed E-state index contributed by atoms with van der Waals surface area (Å²) in [5, 5.41) is 3.81. The minimum atomic E-state index is 0.551. The van der Waals surface area contributed by atoms with Gasteiger partial charge in [-0.05, 0) is 53.7 Å². The summed E-state index contributed by atoms with van der Waals surface area (Å²) in [5.41, 5.74) is 6.35. The Labute approximate surface area is 96.5 Å². The average Bonchev–Trinajstić information content (AvgIpc) is 2.30. The Morgan fingerprint density at radius 1 is 1.43 bits per heavy atom. The Morgan fingerprint density at radius 3 is 2.57 bits per heavy atom. The van der Waals surface area contributed by atoms with Crippen molar-refractivity contribution in [3.63, 3.8) is 0 Å². The smallest absolute Gasteiger partial charge is 0.180 e. The summed E-state index contributed by atoms with van der Waals surface area (Å²) in [4.78, 5) is 0. The van der Waals surface area contributed by atoms with Crippen LogP contribution in [0.4, 0.5) is 5.82 Å². The molecule has 2 aliphatic carbocycles. The molecule has 0 saturated heterocycles.